The highest BCUT2D eigenvalue weighted by molar-refractivity contribution is 6.30. The van der Waals surface area contributed by atoms with E-state index in [1.165, 1.54) is 12.1 Å². The standard InChI is InChI=1S/C13H15ClFNO3/c14-10-5-8(1-2-11(10)15)6-16-4-3-12(17)9(7-16)13(18)19/h1-2,5,9,12,17H,3-4,6-7H2,(H,18,19)/t9-,12+/m0/s1. The molecule has 6 heteroatoms. The predicted octanol–water partition coefficient (Wildman–Crippen LogP) is 1.75. The van der Waals surface area contributed by atoms with Crippen LogP contribution in [0, 0.1) is 11.7 Å². The summed E-state index contributed by atoms with van der Waals surface area (Å²) in [4.78, 5) is 12.9. The zero-order valence-electron chi connectivity index (χ0n) is 10.2. The van der Waals surface area contributed by atoms with Gasteiger partial charge in [-0.2, -0.15) is 0 Å². The maximum Gasteiger partial charge on any atom is 0.310 e. The average molecular weight is 288 g/mol. The molecule has 0 amide bonds. The summed E-state index contributed by atoms with van der Waals surface area (Å²) in [7, 11) is 0. The second kappa shape index (κ2) is 5.86. The molecule has 0 unspecified atom stereocenters. The van der Waals surface area contributed by atoms with Gasteiger partial charge in [0.25, 0.3) is 0 Å². The first-order valence-electron chi connectivity index (χ1n) is 6.04. The number of likely N-dealkylation sites (tertiary alicyclic amines) is 1. The molecule has 104 valence electrons. The molecule has 1 aromatic carbocycles. The lowest BCUT2D eigenvalue weighted by molar-refractivity contribution is -0.149. The first-order chi connectivity index (χ1) is 8.97. The van der Waals surface area contributed by atoms with Crippen LogP contribution in [0.15, 0.2) is 18.2 Å². The van der Waals surface area contributed by atoms with Gasteiger partial charge in [-0.25, -0.2) is 4.39 Å². The minimum Gasteiger partial charge on any atom is -0.481 e. The Kier molecular flexibility index (Phi) is 4.39. The number of carboxylic acid groups (broad SMARTS) is 1. The van der Waals surface area contributed by atoms with Crippen molar-refractivity contribution in [3.63, 3.8) is 0 Å². The van der Waals surface area contributed by atoms with Gasteiger partial charge in [0.2, 0.25) is 0 Å². The van der Waals surface area contributed by atoms with E-state index in [1.807, 2.05) is 4.90 Å². The Morgan fingerprint density at radius 1 is 1.53 bits per heavy atom. The van der Waals surface area contributed by atoms with Crippen molar-refractivity contribution in [1.82, 2.24) is 4.90 Å². The lowest BCUT2D eigenvalue weighted by Gasteiger charge is -2.34. The predicted molar refractivity (Wildman–Crippen MR) is 68.4 cm³/mol. The van der Waals surface area contributed by atoms with Crippen LogP contribution >= 0.6 is 11.6 Å². The van der Waals surface area contributed by atoms with E-state index in [1.54, 1.807) is 6.07 Å². The maximum atomic E-state index is 13.0. The summed E-state index contributed by atoms with van der Waals surface area (Å²) in [6, 6.07) is 4.46. The van der Waals surface area contributed by atoms with E-state index in [4.69, 9.17) is 16.7 Å². The van der Waals surface area contributed by atoms with Crippen molar-refractivity contribution in [2.75, 3.05) is 13.1 Å². The molecule has 0 spiro atoms. The molecule has 1 aromatic rings. The van der Waals surface area contributed by atoms with E-state index >= 15 is 0 Å². The zero-order valence-corrected chi connectivity index (χ0v) is 11.0. The maximum absolute atomic E-state index is 13.0. The highest BCUT2D eigenvalue weighted by Gasteiger charge is 2.32. The van der Waals surface area contributed by atoms with Crippen LogP contribution in [-0.2, 0) is 11.3 Å². The third kappa shape index (κ3) is 3.43. The molecule has 1 fully saturated rings. The molecular weight excluding hydrogens is 273 g/mol. The van der Waals surface area contributed by atoms with Crippen molar-refractivity contribution < 1.29 is 19.4 Å². The van der Waals surface area contributed by atoms with Gasteiger partial charge < -0.3 is 10.2 Å². The van der Waals surface area contributed by atoms with Crippen LogP contribution in [0.5, 0.6) is 0 Å². The number of halogens is 2. The Morgan fingerprint density at radius 2 is 2.26 bits per heavy atom. The van der Waals surface area contributed by atoms with Crippen LogP contribution in [-0.4, -0.2) is 40.3 Å². The van der Waals surface area contributed by atoms with E-state index in [-0.39, 0.29) is 11.6 Å². The summed E-state index contributed by atoms with van der Waals surface area (Å²) >= 11 is 5.71. The molecule has 19 heavy (non-hydrogen) atoms. The van der Waals surface area contributed by atoms with E-state index < -0.39 is 23.8 Å². The number of aliphatic hydroxyl groups is 1. The number of carboxylic acids is 1. The molecule has 2 atom stereocenters. The Morgan fingerprint density at radius 3 is 2.89 bits per heavy atom. The number of carbonyl (C=O) groups is 1. The SMILES string of the molecule is O=C(O)[C@H]1CN(Cc2ccc(F)c(Cl)c2)CC[C@H]1O. The topological polar surface area (TPSA) is 60.8 Å². The summed E-state index contributed by atoms with van der Waals surface area (Å²) in [5, 5.41) is 18.7. The fourth-order valence-corrected chi connectivity index (χ4v) is 2.49. The zero-order chi connectivity index (χ0) is 14.0. The number of hydrogen-bond acceptors (Lipinski definition) is 3. The van der Waals surface area contributed by atoms with Gasteiger partial charge in [0.05, 0.1) is 17.0 Å². The summed E-state index contributed by atoms with van der Waals surface area (Å²) in [5.41, 5.74) is 0.826. The molecule has 0 radical (unpaired) electrons. The van der Waals surface area contributed by atoms with Crippen molar-refractivity contribution in [3.05, 3.63) is 34.6 Å². The van der Waals surface area contributed by atoms with Crippen molar-refractivity contribution in [2.45, 2.75) is 19.1 Å². The monoisotopic (exact) mass is 287 g/mol. The van der Waals surface area contributed by atoms with Gasteiger partial charge in [-0.15, -0.1) is 0 Å². The first-order valence-corrected chi connectivity index (χ1v) is 6.42. The number of piperidine rings is 1. The Labute approximate surface area is 115 Å². The molecule has 0 aromatic heterocycles. The highest BCUT2D eigenvalue weighted by atomic mass is 35.5. The third-order valence-electron chi connectivity index (χ3n) is 3.37. The van der Waals surface area contributed by atoms with Crippen molar-refractivity contribution in [2.24, 2.45) is 5.92 Å². The highest BCUT2D eigenvalue weighted by Crippen LogP contribution is 2.21. The van der Waals surface area contributed by atoms with Crippen LogP contribution in [0.4, 0.5) is 4.39 Å². The van der Waals surface area contributed by atoms with E-state index in [0.717, 1.165) is 5.56 Å². The van der Waals surface area contributed by atoms with Crippen molar-refractivity contribution >= 4 is 17.6 Å². The minimum atomic E-state index is -0.991. The van der Waals surface area contributed by atoms with Crippen molar-refractivity contribution in [3.8, 4) is 0 Å². The van der Waals surface area contributed by atoms with Crippen LogP contribution in [0.2, 0.25) is 5.02 Å². The Bertz CT molecular complexity index is 483. The van der Waals surface area contributed by atoms with Gasteiger partial charge in [-0.05, 0) is 24.1 Å². The van der Waals surface area contributed by atoms with Gasteiger partial charge in [0.1, 0.15) is 5.82 Å². The van der Waals surface area contributed by atoms with Gasteiger partial charge >= 0.3 is 5.97 Å². The summed E-state index contributed by atoms with van der Waals surface area (Å²) in [5.74, 6) is -2.23. The molecule has 1 aliphatic rings. The largest absolute Gasteiger partial charge is 0.481 e. The van der Waals surface area contributed by atoms with Crippen LogP contribution in [0.1, 0.15) is 12.0 Å². The van der Waals surface area contributed by atoms with Crippen LogP contribution < -0.4 is 0 Å². The Hall–Kier alpha value is -1.17. The normalized spacial score (nSPS) is 24.4. The van der Waals surface area contributed by atoms with Crippen LogP contribution in [0.25, 0.3) is 0 Å². The molecule has 2 rings (SSSR count). The second-order valence-corrected chi connectivity index (χ2v) is 5.19. The number of nitrogens with zero attached hydrogens (tertiary/aromatic N) is 1. The number of benzene rings is 1. The van der Waals surface area contributed by atoms with Gasteiger partial charge in [-0.3, -0.25) is 9.69 Å². The molecule has 0 aliphatic carbocycles. The summed E-state index contributed by atoms with van der Waals surface area (Å²) in [6.45, 7) is 1.39. The second-order valence-electron chi connectivity index (χ2n) is 4.78. The molecule has 0 bridgehead atoms. The number of aliphatic carboxylic acids is 1. The summed E-state index contributed by atoms with van der Waals surface area (Å²) < 4.78 is 13.0. The molecule has 0 saturated carbocycles. The molecule has 1 saturated heterocycles. The van der Waals surface area contributed by atoms with E-state index in [9.17, 15) is 14.3 Å². The molecule has 1 aliphatic heterocycles. The lowest BCUT2D eigenvalue weighted by Crippen LogP contribution is -2.46. The molecule has 2 N–H and O–H groups in total. The minimum absolute atomic E-state index is 0.0596. The van der Waals surface area contributed by atoms with E-state index in [0.29, 0.717) is 19.5 Å². The quantitative estimate of drug-likeness (QED) is 0.889. The smallest absolute Gasteiger partial charge is 0.310 e. The van der Waals surface area contributed by atoms with Gasteiger partial charge in [0.15, 0.2) is 0 Å². The number of rotatable bonds is 3. The number of aliphatic hydroxyl groups excluding tert-OH is 1. The summed E-state index contributed by atoms with van der Waals surface area (Å²) in [6.07, 6.45) is -0.378. The van der Waals surface area contributed by atoms with Crippen molar-refractivity contribution in [1.29, 1.82) is 0 Å². The molecular formula is C13H15ClFNO3. The van der Waals surface area contributed by atoms with Gasteiger partial charge in [0, 0.05) is 19.6 Å². The Balaban J connectivity index is 2.03. The average Bonchev–Trinajstić information content (AvgIpc) is 2.36. The fourth-order valence-electron chi connectivity index (χ4n) is 2.29. The third-order valence-corrected chi connectivity index (χ3v) is 3.66. The van der Waals surface area contributed by atoms with Gasteiger partial charge in [-0.1, -0.05) is 17.7 Å². The lowest BCUT2D eigenvalue weighted by atomic mass is 9.94. The van der Waals surface area contributed by atoms with E-state index in [2.05, 4.69) is 0 Å². The molecule has 1 heterocycles. The first kappa shape index (κ1) is 14.2. The fraction of sp³-hybridized carbons (Fsp3) is 0.462. The number of hydrogen-bond donors (Lipinski definition) is 2. The molecule has 4 nitrogen and oxygen atoms in total. The van der Waals surface area contributed by atoms with Crippen LogP contribution in [0.3, 0.4) is 0 Å².